The van der Waals surface area contributed by atoms with Gasteiger partial charge in [0.1, 0.15) is 0 Å². The Balaban J connectivity index is 1.73. The van der Waals surface area contributed by atoms with E-state index in [1.54, 1.807) is 38.6 Å². The number of ether oxygens (including phenoxy) is 2. The van der Waals surface area contributed by atoms with E-state index in [9.17, 15) is 13.2 Å². The number of rotatable bonds is 7. The second-order valence-electron chi connectivity index (χ2n) is 6.77. The summed E-state index contributed by atoms with van der Waals surface area (Å²) in [6.45, 7) is 1.77. The summed E-state index contributed by atoms with van der Waals surface area (Å²) in [6, 6.07) is 5.29. The number of carbonyl (C=O) groups excluding carboxylic acids is 1. The number of piperidine rings is 1. The van der Waals surface area contributed by atoms with Crippen molar-refractivity contribution in [1.29, 1.82) is 0 Å². The number of hydrogen-bond donors (Lipinski definition) is 2. The van der Waals surface area contributed by atoms with Gasteiger partial charge in [0, 0.05) is 37.3 Å². The minimum atomic E-state index is -2.54. The topological polar surface area (TPSA) is 97.8 Å². The molecule has 1 aliphatic rings. The number of benzene rings is 1. The first-order valence-electron chi connectivity index (χ1n) is 9.21. The monoisotopic (exact) mass is 407 g/mol. The summed E-state index contributed by atoms with van der Waals surface area (Å²) in [5.74, 6) is 1.52. The van der Waals surface area contributed by atoms with Gasteiger partial charge in [0.2, 0.25) is 10.9 Å². The lowest BCUT2D eigenvalue weighted by atomic mass is 9.93. The number of nitrogens with zero attached hydrogens (tertiary/aromatic N) is 2. The third-order valence-electron chi connectivity index (χ3n) is 5.17. The molecular formula is C19H25N3O5S. The number of thiol groups is 1. The maximum Gasteiger partial charge on any atom is 0.254 e. The lowest BCUT2D eigenvalue weighted by Crippen LogP contribution is -2.39. The third-order valence-corrected chi connectivity index (χ3v) is 5.65. The zero-order valence-electron chi connectivity index (χ0n) is 16.0. The Morgan fingerprint density at radius 2 is 1.89 bits per heavy atom. The van der Waals surface area contributed by atoms with Crippen molar-refractivity contribution in [2.24, 2.45) is 5.92 Å². The average molecular weight is 407 g/mol. The van der Waals surface area contributed by atoms with E-state index in [1.165, 1.54) is 0 Å². The quantitative estimate of drug-likeness (QED) is 0.677. The fourth-order valence-electron chi connectivity index (χ4n) is 3.61. The number of methoxy groups -OCH3 is 2. The molecular weight excluding hydrogens is 382 g/mol. The molecule has 28 heavy (non-hydrogen) atoms. The second-order valence-corrected chi connectivity index (χ2v) is 7.60. The third kappa shape index (κ3) is 4.53. The lowest BCUT2D eigenvalue weighted by Gasteiger charge is -2.32. The van der Waals surface area contributed by atoms with E-state index in [4.69, 9.17) is 9.47 Å². The fourth-order valence-corrected chi connectivity index (χ4v) is 3.93. The maximum absolute atomic E-state index is 13.1. The molecule has 0 aliphatic carbocycles. The van der Waals surface area contributed by atoms with Gasteiger partial charge in [0.15, 0.2) is 11.5 Å². The van der Waals surface area contributed by atoms with Crippen LogP contribution in [0.1, 0.15) is 29.6 Å². The minimum absolute atomic E-state index is 0.0289. The SMILES string of the molecule is COc1cc2nccc(C(=O)N3CCC(CCN[SH](=O)=O)CC3)c2cc1OC. The first-order valence-corrected chi connectivity index (χ1v) is 10.4. The summed E-state index contributed by atoms with van der Waals surface area (Å²) in [5, 5.41) is 0.732. The molecule has 0 saturated carbocycles. The first-order chi connectivity index (χ1) is 13.5. The number of fused-ring (bicyclic) bond motifs is 1. The second kappa shape index (κ2) is 9.20. The minimum Gasteiger partial charge on any atom is -0.493 e. The smallest absolute Gasteiger partial charge is 0.254 e. The van der Waals surface area contributed by atoms with Gasteiger partial charge in [-0.15, -0.1) is 0 Å². The molecule has 2 heterocycles. The van der Waals surface area contributed by atoms with Crippen LogP contribution in [-0.4, -0.2) is 58.1 Å². The molecule has 1 aromatic carbocycles. The van der Waals surface area contributed by atoms with Crippen LogP contribution in [0.15, 0.2) is 24.4 Å². The van der Waals surface area contributed by atoms with Crippen molar-refractivity contribution in [3.63, 3.8) is 0 Å². The van der Waals surface area contributed by atoms with Crippen LogP contribution in [-0.2, 0) is 10.9 Å². The Labute approximate surface area is 165 Å². The van der Waals surface area contributed by atoms with Gasteiger partial charge in [-0.2, -0.15) is 0 Å². The van der Waals surface area contributed by atoms with E-state index in [2.05, 4.69) is 9.71 Å². The predicted octanol–water partition coefficient (Wildman–Crippen LogP) is 1.61. The predicted molar refractivity (Wildman–Crippen MR) is 106 cm³/mol. The standard InChI is InChI=1S/C19H25N3O5S/c1-26-17-11-15-14(4-7-20-16(15)12-18(17)27-2)19(23)22-9-5-13(6-10-22)3-8-21-28(24)25/h4,7,11-13,28H,3,5-6,8-10H2,1-2H3,(H,21,24,25). The highest BCUT2D eigenvalue weighted by Gasteiger charge is 2.25. The van der Waals surface area contributed by atoms with Gasteiger partial charge in [-0.1, -0.05) is 0 Å². The van der Waals surface area contributed by atoms with Crippen LogP contribution in [0.2, 0.25) is 0 Å². The van der Waals surface area contributed by atoms with E-state index in [0.29, 0.717) is 48.1 Å². The summed E-state index contributed by atoms with van der Waals surface area (Å²) in [6.07, 6.45) is 4.15. The van der Waals surface area contributed by atoms with Crippen molar-refractivity contribution in [2.75, 3.05) is 33.9 Å². The highest BCUT2D eigenvalue weighted by molar-refractivity contribution is 7.70. The van der Waals surface area contributed by atoms with Crippen LogP contribution in [0.25, 0.3) is 10.9 Å². The lowest BCUT2D eigenvalue weighted by molar-refractivity contribution is 0.0689. The van der Waals surface area contributed by atoms with Gasteiger partial charge >= 0.3 is 0 Å². The van der Waals surface area contributed by atoms with Crippen molar-refractivity contribution < 1.29 is 22.7 Å². The molecule has 152 valence electrons. The number of amides is 1. The molecule has 1 saturated heterocycles. The Hall–Kier alpha value is -2.39. The van der Waals surface area contributed by atoms with Crippen LogP contribution < -0.4 is 14.2 Å². The van der Waals surface area contributed by atoms with E-state index >= 15 is 0 Å². The number of aromatic nitrogens is 1. The van der Waals surface area contributed by atoms with E-state index in [1.807, 2.05) is 4.90 Å². The van der Waals surface area contributed by atoms with Crippen molar-refractivity contribution in [3.05, 3.63) is 30.0 Å². The van der Waals surface area contributed by atoms with Crippen LogP contribution in [0.3, 0.4) is 0 Å². The molecule has 1 N–H and O–H groups in total. The summed E-state index contributed by atoms with van der Waals surface area (Å²) in [4.78, 5) is 19.3. The highest BCUT2D eigenvalue weighted by Crippen LogP contribution is 2.33. The van der Waals surface area contributed by atoms with Crippen molar-refractivity contribution >= 4 is 27.7 Å². The zero-order chi connectivity index (χ0) is 20.1. The molecule has 2 aromatic rings. The zero-order valence-corrected chi connectivity index (χ0v) is 16.9. The Morgan fingerprint density at radius 3 is 2.54 bits per heavy atom. The molecule has 1 aromatic heterocycles. The molecule has 1 fully saturated rings. The number of nitrogens with one attached hydrogen (secondary N) is 1. The van der Waals surface area contributed by atoms with Gasteiger partial charge < -0.3 is 14.4 Å². The molecule has 1 amide bonds. The number of hydrogen-bond acceptors (Lipinski definition) is 6. The molecule has 9 heteroatoms. The molecule has 0 unspecified atom stereocenters. The molecule has 0 spiro atoms. The summed E-state index contributed by atoms with van der Waals surface area (Å²) in [5.41, 5.74) is 1.27. The number of likely N-dealkylation sites (tertiary alicyclic amines) is 1. The molecule has 1 aliphatic heterocycles. The van der Waals surface area contributed by atoms with Crippen LogP contribution in [0, 0.1) is 5.92 Å². The van der Waals surface area contributed by atoms with Gasteiger partial charge in [-0.05, 0) is 37.3 Å². The van der Waals surface area contributed by atoms with Crippen molar-refractivity contribution in [1.82, 2.24) is 14.6 Å². The normalized spacial score (nSPS) is 15.2. The number of pyridine rings is 1. The van der Waals surface area contributed by atoms with Gasteiger partial charge in [-0.3, -0.25) is 9.78 Å². The first kappa shape index (κ1) is 20.3. The summed E-state index contributed by atoms with van der Waals surface area (Å²) < 4.78 is 34.3. The van der Waals surface area contributed by atoms with Gasteiger partial charge in [0.05, 0.1) is 25.3 Å². The van der Waals surface area contributed by atoms with Gasteiger partial charge in [-0.25, -0.2) is 13.1 Å². The highest BCUT2D eigenvalue weighted by atomic mass is 32.2. The Kier molecular flexibility index (Phi) is 6.69. The summed E-state index contributed by atoms with van der Waals surface area (Å²) in [7, 11) is 0.581. The molecule has 0 radical (unpaired) electrons. The van der Waals surface area contributed by atoms with Crippen molar-refractivity contribution in [2.45, 2.75) is 19.3 Å². The molecule has 8 nitrogen and oxygen atoms in total. The average Bonchev–Trinajstić information content (AvgIpc) is 2.72. The van der Waals surface area contributed by atoms with E-state index in [-0.39, 0.29) is 5.91 Å². The maximum atomic E-state index is 13.1. The number of carbonyl (C=O) groups is 1. The summed E-state index contributed by atoms with van der Waals surface area (Å²) >= 11 is 0. The molecule has 0 atom stereocenters. The molecule has 3 rings (SSSR count). The fraction of sp³-hybridized carbons (Fsp3) is 0.474. The van der Waals surface area contributed by atoms with E-state index in [0.717, 1.165) is 24.6 Å². The van der Waals surface area contributed by atoms with E-state index < -0.39 is 10.9 Å². The van der Waals surface area contributed by atoms with Crippen LogP contribution in [0.5, 0.6) is 11.5 Å². The largest absolute Gasteiger partial charge is 0.493 e. The van der Waals surface area contributed by atoms with Crippen molar-refractivity contribution in [3.8, 4) is 11.5 Å². The Bertz CT molecular complexity index is 915. The van der Waals surface area contributed by atoms with Gasteiger partial charge in [0.25, 0.3) is 5.91 Å². The molecule has 0 bridgehead atoms. The Morgan fingerprint density at radius 1 is 1.21 bits per heavy atom. The van der Waals surface area contributed by atoms with Crippen LogP contribution >= 0.6 is 0 Å². The van der Waals surface area contributed by atoms with Crippen LogP contribution in [0.4, 0.5) is 0 Å².